The minimum Gasteiger partial charge on any atom is -0.457 e. The van der Waals surface area contributed by atoms with E-state index in [1.807, 2.05) is 0 Å². The lowest BCUT2D eigenvalue weighted by Gasteiger charge is -2.09. The van der Waals surface area contributed by atoms with Gasteiger partial charge in [-0.3, -0.25) is 4.79 Å². The molecule has 0 aliphatic carbocycles. The Balaban J connectivity index is 1.70. The summed E-state index contributed by atoms with van der Waals surface area (Å²) in [6.45, 7) is 0. The first-order chi connectivity index (χ1) is 12.0. The van der Waals surface area contributed by atoms with Crippen molar-refractivity contribution >= 4 is 11.6 Å². The molecule has 0 aromatic heterocycles. The molecule has 0 heterocycles. The van der Waals surface area contributed by atoms with E-state index in [-0.39, 0.29) is 5.56 Å². The summed E-state index contributed by atoms with van der Waals surface area (Å²) in [6.07, 6.45) is 0. The molecule has 0 saturated carbocycles. The van der Waals surface area contributed by atoms with Crippen molar-refractivity contribution in [2.24, 2.45) is 0 Å². The van der Waals surface area contributed by atoms with Crippen LogP contribution in [0.2, 0.25) is 0 Å². The summed E-state index contributed by atoms with van der Waals surface area (Å²) in [5.41, 5.74) is -0.0136. The largest absolute Gasteiger partial charge is 0.457 e. The summed E-state index contributed by atoms with van der Waals surface area (Å²) in [7, 11) is 0. The predicted molar refractivity (Wildman–Crippen MR) is 87.2 cm³/mol. The molecular weight excluding hydrogens is 331 g/mol. The second-order valence-electron chi connectivity index (χ2n) is 5.14. The maximum atomic E-state index is 13.6. The first-order valence-corrected chi connectivity index (χ1v) is 7.32. The SMILES string of the molecule is O=C(Nc1ccc(Oc2cccc(F)c2)cc1)c1cccc(F)c1F. The highest BCUT2D eigenvalue weighted by atomic mass is 19.2. The van der Waals surface area contributed by atoms with Crippen LogP contribution in [0.25, 0.3) is 0 Å². The predicted octanol–water partition coefficient (Wildman–Crippen LogP) is 5.15. The first kappa shape index (κ1) is 16.6. The van der Waals surface area contributed by atoms with Gasteiger partial charge in [0, 0.05) is 11.8 Å². The van der Waals surface area contributed by atoms with Gasteiger partial charge in [0.25, 0.3) is 5.91 Å². The van der Waals surface area contributed by atoms with E-state index in [0.29, 0.717) is 17.2 Å². The topological polar surface area (TPSA) is 38.3 Å². The third-order valence-electron chi connectivity index (χ3n) is 3.34. The van der Waals surface area contributed by atoms with Crippen LogP contribution in [0.4, 0.5) is 18.9 Å². The van der Waals surface area contributed by atoms with Gasteiger partial charge < -0.3 is 10.1 Å². The number of hydrogen-bond acceptors (Lipinski definition) is 2. The zero-order chi connectivity index (χ0) is 17.8. The number of halogens is 3. The van der Waals surface area contributed by atoms with Crippen molar-refractivity contribution < 1.29 is 22.7 Å². The van der Waals surface area contributed by atoms with E-state index in [2.05, 4.69) is 5.32 Å². The molecule has 0 saturated heterocycles. The van der Waals surface area contributed by atoms with Gasteiger partial charge in [-0.2, -0.15) is 0 Å². The minimum absolute atomic E-state index is 0.332. The Hall–Kier alpha value is -3.28. The van der Waals surface area contributed by atoms with Crippen molar-refractivity contribution in [2.75, 3.05) is 5.32 Å². The van der Waals surface area contributed by atoms with Gasteiger partial charge in [-0.25, -0.2) is 13.2 Å². The zero-order valence-corrected chi connectivity index (χ0v) is 12.8. The molecule has 0 aliphatic rings. The van der Waals surface area contributed by atoms with Crippen molar-refractivity contribution in [1.29, 1.82) is 0 Å². The molecule has 0 spiro atoms. The molecule has 0 atom stereocenters. The summed E-state index contributed by atoms with van der Waals surface area (Å²) < 4.78 is 45.4. The maximum absolute atomic E-state index is 13.6. The molecule has 3 aromatic carbocycles. The quantitative estimate of drug-likeness (QED) is 0.711. The monoisotopic (exact) mass is 343 g/mol. The Morgan fingerprint density at radius 3 is 2.28 bits per heavy atom. The summed E-state index contributed by atoms with van der Waals surface area (Å²) >= 11 is 0. The van der Waals surface area contributed by atoms with Gasteiger partial charge in [-0.05, 0) is 48.5 Å². The average Bonchev–Trinajstić information content (AvgIpc) is 2.59. The number of ether oxygens (including phenoxy) is 1. The third kappa shape index (κ3) is 3.98. The van der Waals surface area contributed by atoms with Crippen LogP contribution in [0.5, 0.6) is 11.5 Å². The molecule has 1 amide bonds. The van der Waals surface area contributed by atoms with Gasteiger partial charge in [-0.15, -0.1) is 0 Å². The van der Waals surface area contributed by atoms with Crippen LogP contribution in [0.1, 0.15) is 10.4 Å². The number of anilines is 1. The van der Waals surface area contributed by atoms with Crippen LogP contribution in [-0.4, -0.2) is 5.91 Å². The molecule has 0 bridgehead atoms. The highest BCUT2D eigenvalue weighted by Crippen LogP contribution is 2.24. The molecule has 0 radical (unpaired) electrons. The Labute approximate surface area is 141 Å². The molecule has 0 fully saturated rings. The molecule has 25 heavy (non-hydrogen) atoms. The molecule has 3 aromatic rings. The second-order valence-corrected chi connectivity index (χ2v) is 5.14. The maximum Gasteiger partial charge on any atom is 0.258 e. The smallest absolute Gasteiger partial charge is 0.258 e. The van der Waals surface area contributed by atoms with E-state index < -0.39 is 23.4 Å². The lowest BCUT2D eigenvalue weighted by Crippen LogP contribution is -2.14. The van der Waals surface area contributed by atoms with E-state index in [9.17, 15) is 18.0 Å². The number of carbonyl (C=O) groups excluding carboxylic acids is 1. The molecule has 3 rings (SSSR count). The van der Waals surface area contributed by atoms with Gasteiger partial charge >= 0.3 is 0 Å². The normalized spacial score (nSPS) is 10.4. The highest BCUT2D eigenvalue weighted by molar-refractivity contribution is 6.04. The number of benzene rings is 3. The van der Waals surface area contributed by atoms with E-state index in [0.717, 1.165) is 6.07 Å². The van der Waals surface area contributed by atoms with E-state index in [1.54, 1.807) is 18.2 Å². The Morgan fingerprint density at radius 2 is 1.56 bits per heavy atom. The van der Waals surface area contributed by atoms with E-state index in [4.69, 9.17) is 4.74 Å². The van der Waals surface area contributed by atoms with E-state index >= 15 is 0 Å². The lowest BCUT2D eigenvalue weighted by atomic mass is 10.2. The standard InChI is InChI=1S/C19H12F3NO2/c20-12-3-1-4-15(11-12)25-14-9-7-13(8-10-14)23-19(24)16-5-2-6-17(21)18(16)22/h1-11H,(H,23,24). The van der Waals surface area contributed by atoms with Gasteiger partial charge in [0.15, 0.2) is 11.6 Å². The summed E-state index contributed by atoms with van der Waals surface area (Å²) in [6, 6.07) is 15.2. The molecule has 3 nitrogen and oxygen atoms in total. The number of carbonyl (C=O) groups is 1. The molecule has 6 heteroatoms. The Bertz CT molecular complexity index is 911. The first-order valence-electron chi connectivity index (χ1n) is 7.32. The lowest BCUT2D eigenvalue weighted by molar-refractivity contribution is 0.102. The zero-order valence-electron chi connectivity index (χ0n) is 12.8. The summed E-state index contributed by atoms with van der Waals surface area (Å²) in [5, 5.41) is 2.47. The van der Waals surface area contributed by atoms with Crippen LogP contribution < -0.4 is 10.1 Å². The summed E-state index contributed by atoms with van der Waals surface area (Å²) in [4.78, 5) is 12.0. The molecule has 1 N–H and O–H groups in total. The fourth-order valence-electron chi connectivity index (χ4n) is 2.15. The fraction of sp³-hybridized carbons (Fsp3) is 0. The van der Waals surface area contributed by atoms with Gasteiger partial charge in [-0.1, -0.05) is 12.1 Å². The van der Waals surface area contributed by atoms with Crippen LogP contribution >= 0.6 is 0 Å². The molecule has 0 aliphatic heterocycles. The van der Waals surface area contributed by atoms with Gasteiger partial charge in [0.1, 0.15) is 17.3 Å². The van der Waals surface area contributed by atoms with Gasteiger partial charge in [0.2, 0.25) is 0 Å². The van der Waals surface area contributed by atoms with Crippen LogP contribution in [0.15, 0.2) is 66.7 Å². The van der Waals surface area contributed by atoms with Crippen molar-refractivity contribution in [3.05, 3.63) is 89.7 Å². The van der Waals surface area contributed by atoms with Crippen LogP contribution in [-0.2, 0) is 0 Å². The van der Waals surface area contributed by atoms with Crippen molar-refractivity contribution in [2.45, 2.75) is 0 Å². The van der Waals surface area contributed by atoms with E-state index in [1.165, 1.54) is 42.5 Å². The molecular formula is C19H12F3NO2. The Morgan fingerprint density at radius 1 is 0.840 bits per heavy atom. The number of hydrogen-bond donors (Lipinski definition) is 1. The van der Waals surface area contributed by atoms with Gasteiger partial charge in [0.05, 0.1) is 5.56 Å². The van der Waals surface area contributed by atoms with Crippen molar-refractivity contribution in [3.63, 3.8) is 0 Å². The molecule has 126 valence electrons. The molecule has 0 unspecified atom stereocenters. The third-order valence-corrected chi connectivity index (χ3v) is 3.34. The fourth-order valence-corrected chi connectivity index (χ4v) is 2.15. The number of rotatable bonds is 4. The summed E-state index contributed by atoms with van der Waals surface area (Å²) in [5.74, 6) is -2.72. The number of nitrogens with one attached hydrogen (secondary N) is 1. The minimum atomic E-state index is -1.20. The van der Waals surface area contributed by atoms with Crippen LogP contribution in [0, 0.1) is 17.5 Å². The second kappa shape index (κ2) is 7.09. The van der Waals surface area contributed by atoms with Crippen LogP contribution in [0.3, 0.4) is 0 Å². The average molecular weight is 343 g/mol. The number of amides is 1. The highest BCUT2D eigenvalue weighted by Gasteiger charge is 2.15. The Kier molecular flexibility index (Phi) is 4.70. The van der Waals surface area contributed by atoms with Crippen molar-refractivity contribution in [1.82, 2.24) is 0 Å². The van der Waals surface area contributed by atoms with Crippen molar-refractivity contribution in [3.8, 4) is 11.5 Å².